The molecule has 0 N–H and O–H groups in total. The van der Waals surface area contributed by atoms with Crippen molar-refractivity contribution in [2.24, 2.45) is 0 Å². The lowest BCUT2D eigenvalue weighted by molar-refractivity contribution is -0.132. The predicted octanol–water partition coefficient (Wildman–Crippen LogP) is 3.64. The van der Waals surface area contributed by atoms with Gasteiger partial charge in [0.1, 0.15) is 5.75 Å². The molecule has 2 aromatic carbocycles. The highest BCUT2D eigenvalue weighted by molar-refractivity contribution is 7.99. The molecule has 0 fully saturated rings. The van der Waals surface area contributed by atoms with E-state index < -0.39 is 17.9 Å². The standard InChI is InChI=1S/C19H18O6S/c1-11-16(19(22)24-4)14(18(21)23-3)10-15(25-12(2)20)17(11)26-13-8-6-5-7-9-13/h5-10H,1-4H3. The van der Waals surface area contributed by atoms with Crippen molar-refractivity contribution in [3.05, 3.63) is 53.1 Å². The maximum atomic E-state index is 12.3. The van der Waals surface area contributed by atoms with E-state index in [2.05, 4.69) is 0 Å². The zero-order valence-corrected chi connectivity index (χ0v) is 15.6. The number of ether oxygens (including phenoxy) is 3. The summed E-state index contributed by atoms with van der Waals surface area (Å²) in [6.07, 6.45) is 0. The van der Waals surface area contributed by atoms with Crippen LogP contribution in [0.25, 0.3) is 0 Å². The van der Waals surface area contributed by atoms with Gasteiger partial charge in [0.2, 0.25) is 0 Å². The van der Waals surface area contributed by atoms with Gasteiger partial charge in [0.05, 0.1) is 30.2 Å². The highest BCUT2D eigenvalue weighted by Gasteiger charge is 2.27. The second-order valence-electron chi connectivity index (χ2n) is 5.24. The van der Waals surface area contributed by atoms with Crippen molar-refractivity contribution < 1.29 is 28.6 Å². The molecule has 7 heteroatoms. The number of carbonyl (C=O) groups is 3. The molecular formula is C19H18O6S. The first kappa shape index (κ1) is 19.5. The molecule has 0 atom stereocenters. The Bertz CT molecular complexity index is 845. The van der Waals surface area contributed by atoms with E-state index in [-0.39, 0.29) is 16.9 Å². The van der Waals surface area contributed by atoms with Crippen LogP contribution in [0.1, 0.15) is 33.2 Å². The minimum Gasteiger partial charge on any atom is -0.465 e. The topological polar surface area (TPSA) is 78.9 Å². The molecule has 0 heterocycles. The maximum Gasteiger partial charge on any atom is 0.339 e. The fourth-order valence-corrected chi connectivity index (χ4v) is 3.35. The zero-order valence-electron chi connectivity index (χ0n) is 14.8. The lowest BCUT2D eigenvalue weighted by Gasteiger charge is -2.17. The molecule has 136 valence electrons. The van der Waals surface area contributed by atoms with Gasteiger partial charge in [-0.3, -0.25) is 4.79 Å². The Balaban J connectivity index is 2.72. The van der Waals surface area contributed by atoms with E-state index in [1.165, 1.54) is 39.0 Å². The van der Waals surface area contributed by atoms with Crippen molar-refractivity contribution in [2.75, 3.05) is 14.2 Å². The third-order valence-corrected chi connectivity index (χ3v) is 4.72. The molecule has 0 aliphatic heterocycles. The van der Waals surface area contributed by atoms with Crippen molar-refractivity contribution in [2.45, 2.75) is 23.6 Å². The van der Waals surface area contributed by atoms with E-state index in [1.807, 2.05) is 30.3 Å². The largest absolute Gasteiger partial charge is 0.465 e. The Morgan fingerprint density at radius 2 is 1.58 bits per heavy atom. The summed E-state index contributed by atoms with van der Waals surface area (Å²) < 4.78 is 14.8. The maximum absolute atomic E-state index is 12.3. The smallest absolute Gasteiger partial charge is 0.339 e. The van der Waals surface area contributed by atoms with Crippen LogP contribution < -0.4 is 4.74 Å². The number of benzene rings is 2. The van der Waals surface area contributed by atoms with Crippen LogP contribution in [0.2, 0.25) is 0 Å². The third kappa shape index (κ3) is 4.23. The highest BCUT2D eigenvalue weighted by atomic mass is 32.2. The quantitative estimate of drug-likeness (QED) is 0.584. The van der Waals surface area contributed by atoms with Crippen LogP contribution in [0.5, 0.6) is 5.75 Å². The molecule has 0 bridgehead atoms. The normalized spacial score (nSPS) is 10.2. The third-order valence-electron chi connectivity index (χ3n) is 3.50. The van der Waals surface area contributed by atoms with Crippen molar-refractivity contribution in [1.82, 2.24) is 0 Å². The molecule has 0 spiro atoms. The fourth-order valence-electron chi connectivity index (χ4n) is 2.37. The monoisotopic (exact) mass is 374 g/mol. The molecule has 0 saturated heterocycles. The van der Waals surface area contributed by atoms with E-state index in [4.69, 9.17) is 14.2 Å². The minimum absolute atomic E-state index is 0.0227. The van der Waals surface area contributed by atoms with Gasteiger partial charge in [-0.25, -0.2) is 9.59 Å². The first-order chi connectivity index (χ1) is 12.4. The van der Waals surface area contributed by atoms with E-state index in [9.17, 15) is 14.4 Å². The van der Waals surface area contributed by atoms with E-state index >= 15 is 0 Å². The molecule has 0 aromatic heterocycles. The van der Waals surface area contributed by atoms with Crippen molar-refractivity contribution >= 4 is 29.7 Å². The van der Waals surface area contributed by atoms with Gasteiger partial charge in [0.25, 0.3) is 0 Å². The molecular weight excluding hydrogens is 356 g/mol. The van der Waals surface area contributed by atoms with Crippen LogP contribution in [0.15, 0.2) is 46.2 Å². The molecule has 0 aliphatic rings. The number of methoxy groups -OCH3 is 2. The first-order valence-electron chi connectivity index (χ1n) is 7.64. The zero-order chi connectivity index (χ0) is 19.3. The molecule has 0 unspecified atom stereocenters. The van der Waals surface area contributed by atoms with Crippen molar-refractivity contribution in [1.29, 1.82) is 0 Å². The van der Waals surface area contributed by atoms with Gasteiger partial charge in [0, 0.05) is 11.8 Å². The van der Waals surface area contributed by atoms with Crippen LogP contribution in [-0.4, -0.2) is 32.1 Å². The summed E-state index contributed by atoms with van der Waals surface area (Å²) in [4.78, 5) is 37.3. The van der Waals surface area contributed by atoms with Gasteiger partial charge in [-0.1, -0.05) is 30.0 Å². The molecule has 6 nitrogen and oxygen atoms in total. The van der Waals surface area contributed by atoms with E-state index in [0.29, 0.717) is 10.5 Å². The lowest BCUT2D eigenvalue weighted by atomic mass is 10.0. The summed E-state index contributed by atoms with van der Waals surface area (Å²) in [7, 11) is 2.43. The first-order valence-corrected chi connectivity index (χ1v) is 8.46. The molecule has 0 radical (unpaired) electrons. The number of carbonyl (C=O) groups excluding carboxylic acids is 3. The van der Waals surface area contributed by atoms with Gasteiger partial charge < -0.3 is 14.2 Å². The summed E-state index contributed by atoms with van der Waals surface area (Å²) in [6, 6.07) is 10.7. The molecule has 2 aromatic rings. The van der Waals surface area contributed by atoms with Gasteiger partial charge in [0.15, 0.2) is 0 Å². The van der Waals surface area contributed by atoms with Gasteiger partial charge >= 0.3 is 17.9 Å². The van der Waals surface area contributed by atoms with Crippen LogP contribution in [0.4, 0.5) is 0 Å². The molecule has 26 heavy (non-hydrogen) atoms. The number of hydrogen-bond acceptors (Lipinski definition) is 7. The average Bonchev–Trinajstić information content (AvgIpc) is 2.63. The Morgan fingerprint density at radius 3 is 2.12 bits per heavy atom. The Kier molecular flexibility index (Phi) is 6.41. The summed E-state index contributed by atoms with van der Waals surface area (Å²) >= 11 is 1.32. The van der Waals surface area contributed by atoms with E-state index in [0.717, 1.165) is 4.90 Å². The van der Waals surface area contributed by atoms with Gasteiger partial charge in [-0.2, -0.15) is 0 Å². The predicted molar refractivity (Wildman–Crippen MR) is 95.7 cm³/mol. The van der Waals surface area contributed by atoms with Crippen LogP contribution in [0, 0.1) is 6.92 Å². The van der Waals surface area contributed by atoms with Crippen molar-refractivity contribution in [3.63, 3.8) is 0 Å². The Hall–Kier alpha value is -2.80. The summed E-state index contributed by atoms with van der Waals surface area (Å²) in [5.74, 6) is -1.76. The molecule has 0 amide bonds. The Morgan fingerprint density at radius 1 is 0.962 bits per heavy atom. The Labute approximate surface area is 155 Å². The van der Waals surface area contributed by atoms with Gasteiger partial charge in [-0.15, -0.1) is 0 Å². The highest BCUT2D eigenvalue weighted by Crippen LogP contribution is 2.41. The fraction of sp³-hybridized carbons (Fsp3) is 0.211. The van der Waals surface area contributed by atoms with Crippen LogP contribution in [-0.2, 0) is 14.3 Å². The van der Waals surface area contributed by atoms with E-state index in [1.54, 1.807) is 6.92 Å². The summed E-state index contributed by atoms with van der Waals surface area (Å²) in [5.41, 5.74) is 0.518. The summed E-state index contributed by atoms with van der Waals surface area (Å²) in [6.45, 7) is 2.93. The molecule has 0 aliphatic carbocycles. The second kappa shape index (κ2) is 8.53. The van der Waals surface area contributed by atoms with Crippen LogP contribution in [0.3, 0.4) is 0 Å². The molecule has 2 rings (SSSR count). The van der Waals surface area contributed by atoms with Crippen molar-refractivity contribution in [3.8, 4) is 5.75 Å². The van der Waals surface area contributed by atoms with Crippen LogP contribution >= 0.6 is 11.8 Å². The average molecular weight is 374 g/mol. The number of esters is 3. The summed E-state index contributed by atoms with van der Waals surface area (Å²) in [5, 5.41) is 0. The van der Waals surface area contributed by atoms with Gasteiger partial charge in [-0.05, 0) is 30.7 Å². The number of hydrogen-bond donors (Lipinski definition) is 0. The minimum atomic E-state index is -0.724. The number of rotatable bonds is 5. The second-order valence-corrected chi connectivity index (χ2v) is 6.33. The molecule has 0 saturated carbocycles. The lowest BCUT2D eigenvalue weighted by Crippen LogP contribution is -2.16. The SMILES string of the molecule is COC(=O)c1cc(OC(C)=O)c(Sc2ccccc2)c(C)c1C(=O)OC.